The Hall–Kier alpha value is -4.88. The van der Waals surface area contributed by atoms with Crippen LogP contribution in [0.5, 0.6) is 0 Å². The van der Waals surface area contributed by atoms with Gasteiger partial charge in [0.25, 0.3) is 0 Å². The standard InChI is InChI=1S/C38H27N/c1-24-25(2)39(31-17-16-27-9-4-6-11-29(27)23-31)38-32(24)18-19-36-34-13-7-12-33(35(34)20-21-37(36)38)30-15-14-26-8-3-5-10-28(26)22-30/h3-23H,1-2H3. The highest BCUT2D eigenvalue weighted by Gasteiger charge is 2.17. The normalized spacial score (nSPS) is 11.8. The molecule has 184 valence electrons. The van der Waals surface area contributed by atoms with E-state index in [1.54, 1.807) is 0 Å². The van der Waals surface area contributed by atoms with Gasteiger partial charge in [0.15, 0.2) is 0 Å². The Bertz CT molecular complexity index is 2250. The number of aromatic nitrogens is 1. The predicted molar refractivity (Wildman–Crippen MR) is 168 cm³/mol. The van der Waals surface area contributed by atoms with Crippen molar-refractivity contribution in [1.29, 1.82) is 0 Å². The van der Waals surface area contributed by atoms with E-state index in [2.05, 4.69) is 146 Å². The maximum atomic E-state index is 2.46. The van der Waals surface area contributed by atoms with Gasteiger partial charge in [-0.3, -0.25) is 0 Å². The maximum absolute atomic E-state index is 2.46. The fourth-order valence-electron chi connectivity index (χ4n) is 6.48. The van der Waals surface area contributed by atoms with Crippen molar-refractivity contribution in [3.8, 4) is 16.8 Å². The van der Waals surface area contributed by atoms with Crippen molar-refractivity contribution in [3.63, 3.8) is 0 Å². The molecule has 1 aromatic heterocycles. The van der Waals surface area contributed by atoms with E-state index >= 15 is 0 Å². The number of hydrogen-bond donors (Lipinski definition) is 0. The van der Waals surface area contributed by atoms with Crippen LogP contribution in [-0.2, 0) is 0 Å². The summed E-state index contributed by atoms with van der Waals surface area (Å²) in [5.74, 6) is 0. The molecule has 0 atom stereocenters. The second kappa shape index (κ2) is 8.31. The van der Waals surface area contributed by atoms with Crippen LogP contribution in [0.15, 0.2) is 127 Å². The molecule has 1 heteroatoms. The molecule has 0 aliphatic rings. The monoisotopic (exact) mass is 497 g/mol. The van der Waals surface area contributed by atoms with E-state index in [1.807, 2.05) is 0 Å². The fraction of sp³-hybridized carbons (Fsp3) is 0.0526. The van der Waals surface area contributed by atoms with Gasteiger partial charge in [0.05, 0.1) is 5.52 Å². The van der Waals surface area contributed by atoms with Gasteiger partial charge < -0.3 is 4.57 Å². The Morgan fingerprint density at radius 2 is 1.05 bits per heavy atom. The molecule has 0 bridgehead atoms. The van der Waals surface area contributed by atoms with Crippen LogP contribution in [0.2, 0.25) is 0 Å². The molecule has 0 saturated carbocycles. The molecular weight excluding hydrogens is 470 g/mol. The van der Waals surface area contributed by atoms with Gasteiger partial charge in [-0.05, 0) is 86.4 Å². The first-order chi connectivity index (χ1) is 19.2. The molecule has 8 rings (SSSR count). The van der Waals surface area contributed by atoms with Gasteiger partial charge in [0, 0.05) is 22.2 Å². The number of nitrogens with zero attached hydrogens (tertiary/aromatic N) is 1. The topological polar surface area (TPSA) is 4.93 Å². The smallest absolute Gasteiger partial charge is 0.0612 e. The van der Waals surface area contributed by atoms with Gasteiger partial charge in [-0.15, -0.1) is 0 Å². The quantitative estimate of drug-likeness (QED) is 0.209. The molecule has 8 aromatic rings. The minimum atomic E-state index is 1.21. The third-order valence-corrected chi connectivity index (χ3v) is 8.59. The third-order valence-electron chi connectivity index (χ3n) is 8.59. The molecule has 0 fully saturated rings. The summed E-state index contributed by atoms with van der Waals surface area (Å²) in [6, 6.07) is 46.8. The van der Waals surface area contributed by atoms with E-state index < -0.39 is 0 Å². The van der Waals surface area contributed by atoms with E-state index in [0.717, 1.165) is 0 Å². The highest BCUT2D eigenvalue weighted by atomic mass is 15.0. The summed E-state index contributed by atoms with van der Waals surface area (Å²) < 4.78 is 2.46. The molecule has 1 heterocycles. The number of fused-ring (bicyclic) bond motifs is 7. The van der Waals surface area contributed by atoms with Crippen LogP contribution in [0.1, 0.15) is 11.3 Å². The van der Waals surface area contributed by atoms with Gasteiger partial charge in [-0.2, -0.15) is 0 Å². The minimum absolute atomic E-state index is 1.21. The average molecular weight is 498 g/mol. The second-order valence-electron chi connectivity index (χ2n) is 10.7. The lowest BCUT2D eigenvalue weighted by molar-refractivity contribution is 1.05. The van der Waals surface area contributed by atoms with Crippen molar-refractivity contribution in [2.45, 2.75) is 13.8 Å². The van der Waals surface area contributed by atoms with Gasteiger partial charge in [0.1, 0.15) is 0 Å². The van der Waals surface area contributed by atoms with Gasteiger partial charge in [0.2, 0.25) is 0 Å². The van der Waals surface area contributed by atoms with Crippen molar-refractivity contribution in [3.05, 3.63) is 139 Å². The van der Waals surface area contributed by atoms with E-state index in [4.69, 9.17) is 0 Å². The molecule has 0 unspecified atom stereocenters. The van der Waals surface area contributed by atoms with Crippen LogP contribution in [-0.4, -0.2) is 4.57 Å². The lowest BCUT2D eigenvalue weighted by Crippen LogP contribution is -1.97. The molecule has 0 spiro atoms. The Labute approximate surface area is 227 Å². The van der Waals surface area contributed by atoms with Crippen LogP contribution in [0.4, 0.5) is 0 Å². The highest BCUT2D eigenvalue weighted by Crippen LogP contribution is 2.40. The number of aryl methyl sites for hydroxylation is 1. The molecule has 0 saturated heterocycles. The summed E-state index contributed by atoms with van der Waals surface area (Å²) in [5, 5.41) is 11.6. The summed E-state index contributed by atoms with van der Waals surface area (Å²) in [7, 11) is 0. The SMILES string of the molecule is Cc1c(C)n(-c2ccc3ccccc3c2)c2c1ccc1c3cccc(-c4ccc5ccccc5c4)c3ccc12. The maximum Gasteiger partial charge on any atom is 0.0612 e. The van der Waals surface area contributed by atoms with E-state index in [1.165, 1.54) is 82.1 Å². The van der Waals surface area contributed by atoms with Gasteiger partial charge in [-0.25, -0.2) is 0 Å². The molecule has 0 radical (unpaired) electrons. The summed E-state index contributed by atoms with van der Waals surface area (Å²) in [6.07, 6.45) is 0. The van der Waals surface area contributed by atoms with Crippen LogP contribution in [0, 0.1) is 13.8 Å². The van der Waals surface area contributed by atoms with Crippen LogP contribution < -0.4 is 0 Å². The summed E-state index contributed by atoms with van der Waals surface area (Å²) in [4.78, 5) is 0. The number of hydrogen-bond acceptors (Lipinski definition) is 0. The number of rotatable bonds is 2. The molecule has 1 nitrogen and oxygen atoms in total. The molecule has 0 aliphatic heterocycles. The van der Waals surface area contributed by atoms with Crippen molar-refractivity contribution >= 4 is 54.0 Å². The van der Waals surface area contributed by atoms with E-state index in [9.17, 15) is 0 Å². The summed E-state index contributed by atoms with van der Waals surface area (Å²) in [6.45, 7) is 4.50. The van der Waals surface area contributed by atoms with Crippen LogP contribution in [0.25, 0.3) is 70.8 Å². The Morgan fingerprint density at radius 3 is 1.85 bits per heavy atom. The zero-order chi connectivity index (χ0) is 26.1. The van der Waals surface area contributed by atoms with Gasteiger partial charge >= 0.3 is 0 Å². The van der Waals surface area contributed by atoms with Gasteiger partial charge in [-0.1, -0.05) is 109 Å². The first kappa shape index (κ1) is 22.1. The highest BCUT2D eigenvalue weighted by molar-refractivity contribution is 6.19. The first-order valence-corrected chi connectivity index (χ1v) is 13.6. The first-order valence-electron chi connectivity index (χ1n) is 13.6. The Morgan fingerprint density at radius 1 is 0.436 bits per heavy atom. The lowest BCUT2D eigenvalue weighted by Gasteiger charge is -2.14. The molecule has 7 aromatic carbocycles. The van der Waals surface area contributed by atoms with Crippen LogP contribution >= 0.6 is 0 Å². The zero-order valence-corrected chi connectivity index (χ0v) is 22.1. The summed E-state index contributed by atoms with van der Waals surface area (Å²) >= 11 is 0. The van der Waals surface area contributed by atoms with Crippen molar-refractivity contribution in [1.82, 2.24) is 4.57 Å². The van der Waals surface area contributed by atoms with Crippen LogP contribution in [0.3, 0.4) is 0 Å². The second-order valence-corrected chi connectivity index (χ2v) is 10.7. The number of benzene rings is 7. The van der Waals surface area contributed by atoms with Crippen molar-refractivity contribution < 1.29 is 0 Å². The molecular formula is C38H27N. The largest absolute Gasteiger partial charge is 0.313 e. The third kappa shape index (κ3) is 3.26. The Kier molecular flexibility index (Phi) is 4.72. The predicted octanol–water partition coefficient (Wildman–Crippen LogP) is 10.5. The molecule has 39 heavy (non-hydrogen) atoms. The zero-order valence-electron chi connectivity index (χ0n) is 22.1. The average Bonchev–Trinajstić information content (AvgIpc) is 3.25. The lowest BCUT2D eigenvalue weighted by atomic mass is 9.93. The molecule has 0 amide bonds. The minimum Gasteiger partial charge on any atom is -0.313 e. The molecule has 0 aliphatic carbocycles. The fourth-order valence-corrected chi connectivity index (χ4v) is 6.48. The van der Waals surface area contributed by atoms with E-state index in [-0.39, 0.29) is 0 Å². The van der Waals surface area contributed by atoms with Crippen molar-refractivity contribution in [2.24, 2.45) is 0 Å². The van der Waals surface area contributed by atoms with Crippen molar-refractivity contribution in [2.75, 3.05) is 0 Å². The summed E-state index contributed by atoms with van der Waals surface area (Å²) in [5.41, 5.74) is 7.66. The molecule has 0 N–H and O–H groups in total. The Balaban J connectivity index is 1.41. The van der Waals surface area contributed by atoms with E-state index in [0.29, 0.717) is 0 Å².